The van der Waals surface area contributed by atoms with E-state index in [1.165, 1.54) is 0 Å². The average Bonchev–Trinajstić information content (AvgIpc) is 2.92. The molecule has 3 N–H and O–H groups in total. The van der Waals surface area contributed by atoms with Crippen LogP contribution >= 0.6 is 0 Å². The van der Waals surface area contributed by atoms with Crippen molar-refractivity contribution in [3.05, 3.63) is 90.0 Å². The van der Waals surface area contributed by atoms with Crippen LogP contribution in [0.3, 0.4) is 0 Å². The Morgan fingerprint density at radius 3 is 2.19 bits per heavy atom. The van der Waals surface area contributed by atoms with Crippen molar-refractivity contribution >= 4 is 23.4 Å². The third-order valence-electron chi connectivity index (χ3n) is 5.59. The summed E-state index contributed by atoms with van der Waals surface area (Å²) in [6.07, 6.45) is 1.04. The molecule has 0 aliphatic rings. The topological polar surface area (TPSA) is 106 Å². The smallest absolute Gasteiger partial charge is 0.251 e. The normalized spacial score (nSPS) is 11.2. The Kier molecular flexibility index (Phi) is 10.5. The van der Waals surface area contributed by atoms with Gasteiger partial charge in [-0.25, -0.2) is 0 Å². The van der Waals surface area contributed by atoms with Gasteiger partial charge in [-0.15, -0.1) is 0 Å². The Hall–Kier alpha value is -4.33. The lowest BCUT2D eigenvalue weighted by Gasteiger charge is -2.19. The fourth-order valence-corrected chi connectivity index (χ4v) is 3.65. The van der Waals surface area contributed by atoms with Crippen LogP contribution in [0.1, 0.15) is 35.7 Å². The molecular weight excluding hydrogens is 470 g/mol. The van der Waals surface area contributed by atoms with Crippen LogP contribution in [0.5, 0.6) is 11.5 Å². The lowest BCUT2D eigenvalue weighted by molar-refractivity contribution is -0.123. The molecule has 8 nitrogen and oxygen atoms in total. The summed E-state index contributed by atoms with van der Waals surface area (Å²) in [6, 6.07) is 22.6. The highest BCUT2D eigenvalue weighted by molar-refractivity contribution is 5.97. The molecule has 3 amide bonds. The van der Waals surface area contributed by atoms with Gasteiger partial charge in [0.25, 0.3) is 5.91 Å². The zero-order chi connectivity index (χ0) is 26.5. The third kappa shape index (κ3) is 9.00. The number of benzene rings is 3. The van der Waals surface area contributed by atoms with Crippen molar-refractivity contribution in [1.29, 1.82) is 0 Å². The van der Waals surface area contributed by atoms with E-state index in [4.69, 9.17) is 9.47 Å². The number of carbonyl (C=O) groups is 3. The van der Waals surface area contributed by atoms with Gasteiger partial charge in [-0.2, -0.15) is 0 Å². The molecule has 3 aromatic rings. The van der Waals surface area contributed by atoms with Crippen LogP contribution in [0, 0.1) is 0 Å². The second-order valence-electron chi connectivity index (χ2n) is 8.34. The van der Waals surface area contributed by atoms with Crippen molar-refractivity contribution in [1.82, 2.24) is 10.6 Å². The van der Waals surface area contributed by atoms with Crippen LogP contribution in [-0.4, -0.2) is 44.0 Å². The molecule has 0 fully saturated rings. The van der Waals surface area contributed by atoms with Gasteiger partial charge in [0, 0.05) is 30.6 Å². The van der Waals surface area contributed by atoms with Crippen LogP contribution in [0.15, 0.2) is 78.9 Å². The van der Waals surface area contributed by atoms with E-state index in [0.717, 1.165) is 11.3 Å². The van der Waals surface area contributed by atoms with Gasteiger partial charge in [0.05, 0.1) is 13.7 Å². The summed E-state index contributed by atoms with van der Waals surface area (Å²) in [5.41, 5.74) is 2.03. The van der Waals surface area contributed by atoms with Crippen LogP contribution in [0.4, 0.5) is 5.69 Å². The molecule has 0 heterocycles. The first-order valence-corrected chi connectivity index (χ1v) is 12.3. The highest BCUT2D eigenvalue weighted by Crippen LogP contribution is 2.16. The Bertz CT molecular complexity index is 1150. The maximum absolute atomic E-state index is 13.0. The van der Waals surface area contributed by atoms with Crippen molar-refractivity contribution in [3.63, 3.8) is 0 Å². The number of ether oxygens (including phenoxy) is 2. The Morgan fingerprint density at radius 1 is 0.865 bits per heavy atom. The fourth-order valence-electron chi connectivity index (χ4n) is 3.65. The number of carbonyl (C=O) groups excluding carboxylic acids is 3. The van der Waals surface area contributed by atoms with E-state index in [1.807, 2.05) is 37.3 Å². The number of anilines is 1. The summed E-state index contributed by atoms with van der Waals surface area (Å²) in [4.78, 5) is 38.1. The highest BCUT2D eigenvalue weighted by Gasteiger charge is 2.22. The van der Waals surface area contributed by atoms with Gasteiger partial charge in [0.15, 0.2) is 0 Å². The number of amides is 3. The average molecular weight is 504 g/mol. The van der Waals surface area contributed by atoms with E-state index in [2.05, 4.69) is 16.0 Å². The summed E-state index contributed by atoms with van der Waals surface area (Å²) in [6.45, 7) is 2.79. The third-order valence-corrected chi connectivity index (χ3v) is 5.59. The number of methoxy groups -OCH3 is 1. The summed E-state index contributed by atoms with van der Waals surface area (Å²) in [5.74, 6) is 0.576. The summed E-state index contributed by atoms with van der Waals surface area (Å²) >= 11 is 0. The molecule has 0 aliphatic carbocycles. The van der Waals surface area contributed by atoms with Gasteiger partial charge in [-0.1, -0.05) is 30.3 Å². The molecule has 1 atom stereocenters. The number of hydrogen-bond donors (Lipinski definition) is 3. The minimum atomic E-state index is -0.769. The van der Waals surface area contributed by atoms with Crippen molar-refractivity contribution in [3.8, 4) is 11.5 Å². The molecule has 0 radical (unpaired) electrons. The first-order chi connectivity index (χ1) is 18.0. The molecule has 8 heteroatoms. The Morgan fingerprint density at radius 2 is 1.54 bits per heavy atom. The molecule has 0 unspecified atom stereocenters. The minimum absolute atomic E-state index is 0.146. The largest absolute Gasteiger partial charge is 0.497 e. The molecule has 3 aromatic carbocycles. The van der Waals surface area contributed by atoms with Gasteiger partial charge < -0.3 is 25.4 Å². The van der Waals surface area contributed by atoms with Crippen LogP contribution < -0.4 is 25.4 Å². The highest BCUT2D eigenvalue weighted by atomic mass is 16.5. The van der Waals surface area contributed by atoms with E-state index in [9.17, 15) is 14.4 Å². The molecule has 0 saturated carbocycles. The molecule has 0 spiro atoms. The molecule has 0 aliphatic heterocycles. The first-order valence-electron chi connectivity index (χ1n) is 12.3. The van der Waals surface area contributed by atoms with Gasteiger partial charge >= 0.3 is 0 Å². The van der Waals surface area contributed by atoms with Crippen LogP contribution in [0.2, 0.25) is 0 Å². The van der Waals surface area contributed by atoms with Crippen molar-refractivity contribution in [2.75, 3.05) is 25.6 Å². The van der Waals surface area contributed by atoms with E-state index >= 15 is 0 Å². The van der Waals surface area contributed by atoms with E-state index < -0.39 is 6.04 Å². The van der Waals surface area contributed by atoms with Gasteiger partial charge in [-0.05, 0) is 67.4 Å². The predicted molar refractivity (Wildman–Crippen MR) is 143 cm³/mol. The van der Waals surface area contributed by atoms with Crippen LogP contribution in [-0.2, 0) is 16.0 Å². The predicted octanol–water partition coefficient (Wildman–Crippen LogP) is 3.97. The minimum Gasteiger partial charge on any atom is -0.497 e. The number of hydrogen-bond acceptors (Lipinski definition) is 5. The zero-order valence-corrected chi connectivity index (χ0v) is 21.2. The molecule has 37 heavy (non-hydrogen) atoms. The Balaban J connectivity index is 1.51. The number of nitrogens with one attached hydrogen (secondary N) is 3. The van der Waals surface area contributed by atoms with E-state index in [-0.39, 0.29) is 24.1 Å². The van der Waals surface area contributed by atoms with E-state index in [1.54, 1.807) is 55.6 Å². The summed E-state index contributed by atoms with van der Waals surface area (Å²) in [5, 5.41) is 8.52. The maximum Gasteiger partial charge on any atom is 0.251 e. The standard InChI is InChI=1S/C29H33N3O5/c1-3-37-25-17-13-23(14-18-25)31-27(33)10-7-19-30-29(35)26(20-21-8-5-4-6-9-21)32-28(34)22-11-15-24(36-2)16-12-22/h4-6,8-9,11-18,26H,3,7,10,19-20H2,1-2H3,(H,30,35)(H,31,33)(H,32,34)/t26-/m1/s1. The summed E-state index contributed by atoms with van der Waals surface area (Å²) < 4.78 is 10.5. The van der Waals surface area contributed by atoms with Crippen LogP contribution in [0.25, 0.3) is 0 Å². The lowest BCUT2D eigenvalue weighted by atomic mass is 10.0. The first kappa shape index (κ1) is 27.3. The molecule has 3 rings (SSSR count). The van der Waals surface area contributed by atoms with Crippen molar-refractivity contribution < 1.29 is 23.9 Å². The Labute approximate surface area is 217 Å². The molecule has 0 aromatic heterocycles. The van der Waals surface area contributed by atoms with Crippen molar-refractivity contribution in [2.24, 2.45) is 0 Å². The summed E-state index contributed by atoms with van der Waals surface area (Å²) in [7, 11) is 1.55. The zero-order valence-electron chi connectivity index (χ0n) is 21.2. The second-order valence-corrected chi connectivity index (χ2v) is 8.34. The van der Waals surface area contributed by atoms with Gasteiger partial charge in [-0.3, -0.25) is 14.4 Å². The fraction of sp³-hybridized carbons (Fsp3) is 0.276. The molecule has 194 valence electrons. The van der Waals surface area contributed by atoms with E-state index in [0.29, 0.717) is 43.0 Å². The number of rotatable bonds is 13. The maximum atomic E-state index is 13.0. The van der Waals surface area contributed by atoms with Crippen molar-refractivity contribution in [2.45, 2.75) is 32.2 Å². The molecule has 0 saturated heterocycles. The second kappa shape index (κ2) is 14.3. The lowest BCUT2D eigenvalue weighted by Crippen LogP contribution is -2.48. The monoisotopic (exact) mass is 503 g/mol. The molecule has 0 bridgehead atoms. The van der Waals surface area contributed by atoms with Gasteiger partial charge in [0.2, 0.25) is 11.8 Å². The quantitative estimate of drug-likeness (QED) is 0.306. The molecular formula is C29H33N3O5. The SMILES string of the molecule is CCOc1ccc(NC(=O)CCCNC(=O)[C@@H](Cc2ccccc2)NC(=O)c2ccc(OC)cc2)cc1. The van der Waals surface area contributed by atoms with Gasteiger partial charge in [0.1, 0.15) is 17.5 Å².